The molecule has 21 heavy (non-hydrogen) atoms. The van der Waals surface area contributed by atoms with Gasteiger partial charge in [-0.25, -0.2) is 8.78 Å². The molecule has 5 heteroatoms. The summed E-state index contributed by atoms with van der Waals surface area (Å²) in [6.07, 6.45) is 2.57. The van der Waals surface area contributed by atoms with Crippen molar-refractivity contribution in [3.8, 4) is 0 Å². The maximum absolute atomic E-state index is 14.0. The molecule has 3 rings (SSSR count). The van der Waals surface area contributed by atoms with Gasteiger partial charge < -0.3 is 5.11 Å². The summed E-state index contributed by atoms with van der Waals surface area (Å²) in [5.74, 6) is -2.89. The Bertz CT molecular complexity index is 717. The largest absolute Gasteiger partial charge is 0.377 e. The van der Waals surface area contributed by atoms with Crippen molar-refractivity contribution in [1.29, 1.82) is 0 Å². The average Bonchev–Trinajstić information content (AvgIpc) is 2.61. The number of carbonyl (C=O) groups excluding carboxylic acids is 1. The lowest BCUT2D eigenvalue weighted by atomic mass is 9.83. The Labute approximate surface area is 120 Å². The van der Waals surface area contributed by atoms with E-state index < -0.39 is 23.0 Å². The first kappa shape index (κ1) is 13.8. The third-order valence-electron chi connectivity index (χ3n) is 3.86. The Hall–Kier alpha value is -2.14. The number of benzene rings is 1. The highest BCUT2D eigenvalue weighted by molar-refractivity contribution is 6.04. The molecule has 0 saturated heterocycles. The highest BCUT2D eigenvalue weighted by atomic mass is 19.2. The minimum absolute atomic E-state index is 0.0303. The molecule has 1 aliphatic rings. The third-order valence-corrected chi connectivity index (χ3v) is 3.86. The third kappa shape index (κ3) is 2.14. The molecule has 1 N–H and O–H groups in total. The van der Waals surface area contributed by atoms with Crippen LogP contribution in [0.25, 0.3) is 0 Å². The molecule has 0 aliphatic heterocycles. The Morgan fingerprint density at radius 1 is 1.19 bits per heavy atom. The monoisotopic (exact) mass is 289 g/mol. The van der Waals surface area contributed by atoms with Gasteiger partial charge in [0.2, 0.25) is 5.78 Å². The normalized spacial score (nSPS) is 21.8. The molecule has 0 amide bonds. The van der Waals surface area contributed by atoms with E-state index in [2.05, 4.69) is 4.98 Å². The number of hydrogen-bond acceptors (Lipinski definition) is 3. The van der Waals surface area contributed by atoms with Crippen LogP contribution in [0.15, 0.2) is 36.5 Å². The fraction of sp³-hybridized carbons (Fsp3) is 0.250. The van der Waals surface area contributed by atoms with Crippen LogP contribution in [0.5, 0.6) is 0 Å². The van der Waals surface area contributed by atoms with E-state index in [1.54, 1.807) is 18.3 Å². The number of aryl methyl sites for hydroxylation is 1. The van der Waals surface area contributed by atoms with Crippen LogP contribution in [0.4, 0.5) is 8.78 Å². The summed E-state index contributed by atoms with van der Waals surface area (Å²) in [6, 6.07) is 6.63. The Morgan fingerprint density at radius 3 is 2.81 bits per heavy atom. The number of aliphatic hydroxyl groups is 1. The van der Waals surface area contributed by atoms with Crippen molar-refractivity contribution in [1.82, 2.24) is 4.98 Å². The van der Waals surface area contributed by atoms with Crippen molar-refractivity contribution in [2.45, 2.75) is 24.9 Å². The van der Waals surface area contributed by atoms with E-state index >= 15 is 0 Å². The van der Waals surface area contributed by atoms with Crippen LogP contribution < -0.4 is 0 Å². The molecule has 0 radical (unpaired) electrons. The number of hydrogen-bond donors (Lipinski definition) is 1. The molecule has 3 nitrogen and oxygen atoms in total. The lowest BCUT2D eigenvalue weighted by molar-refractivity contribution is 0.0232. The van der Waals surface area contributed by atoms with Crippen LogP contribution in [0.3, 0.4) is 0 Å². The molecule has 0 bridgehead atoms. The summed E-state index contributed by atoms with van der Waals surface area (Å²) in [5, 5.41) is 10.8. The minimum Gasteiger partial charge on any atom is -0.377 e. The molecule has 0 fully saturated rings. The van der Waals surface area contributed by atoms with Gasteiger partial charge in [0.25, 0.3) is 0 Å². The zero-order chi connectivity index (χ0) is 15.0. The lowest BCUT2D eigenvalue weighted by Gasteiger charge is -2.26. The average molecular weight is 289 g/mol. The van der Waals surface area contributed by atoms with Gasteiger partial charge in [-0.2, -0.15) is 0 Å². The van der Waals surface area contributed by atoms with Crippen LogP contribution in [0.1, 0.15) is 34.5 Å². The zero-order valence-electron chi connectivity index (χ0n) is 11.1. The van der Waals surface area contributed by atoms with Crippen molar-refractivity contribution < 1.29 is 18.7 Å². The molecule has 1 heterocycles. The van der Waals surface area contributed by atoms with Gasteiger partial charge in [0.15, 0.2) is 17.2 Å². The summed E-state index contributed by atoms with van der Waals surface area (Å²) in [5.41, 5.74) is -1.53. The number of rotatable bonds is 1. The summed E-state index contributed by atoms with van der Waals surface area (Å²) in [7, 11) is 0. The number of carbonyl (C=O) groups is 1. The highest BCUT2D eigenvalue weighted by Crippen LogP contribution is 2.36. The minimum atomic E-state index is -2.06. The van der Waals surface area contributed by atoms with Crippen molar-refractivity contribution in [3.63, 3.8) is 0 Å². The predicted molar refractivity (Wildman–Crippen MR) is 71.8 cm³/mol. The second-order valence-electron chi connectivity index (χ2n) is 5.14. The maximum Gasteiger partial charge on any atom is 0.200 e. The molecule has 1 aromatic heterocycles. The van der Waals surface area contributed by atoms with E-state index in [9.17, 15) is 18.7 Å². The van der Waals surface area contributed by atoms with E-state index in [0.717, 1.165) is 6.07 Å². The summed E-state index contributed by atoms with van der Waals surface area (Å²) >= 11 is 0. The molecule has 1 aromatic carbocycles. The van der Waals surface area contributed by atoms with Crippen LogP contribution in [-0.2, 0) is 12.0 Å². The van der Waals surface area contributed by atoms with Gasteiger partial charge in [0, 0.05) is 17.3 Å². The van der Waals surface area contributed by atoms with Crippen molar-refractivity contribution in [3.05, 3.63) is 65.0 Å². The van der Waals surface area contributed by atoms with Crippen LogP contribution in [0, 0.1) is 11.6 Å². The number of ketones is 1. The van der Waals surface area contributed by atoms with E-state index in [1.807, 2.05) is 0 Å². The molecule has 2 aromatic rings. The lowest BCUT2D eigenvalue weighted by Crippen LogP contribution is -2.36. The highest BCUT2D eigenvalue weighted by Gasteiger charge is 2.43. The van der Waals surface area contributed by atoms with Gasteiger partial charge in [-0.1, -0.05) is 12.1 Å². The molecule has 1 aliphatic carbocycles. The number of aromatic nitrogens is 1. The predicted octanol–water partition coefficient (Wildman–Crippen LogP) is 2.77. The Balaban J connectivity index is 2.17. The van der Waals surface area contributed by atoms with Gasteiger partial charge in [-0.05, 0) is 37.5 Å². The molecule has 0 unspecified atom stereocenters. The molecule has 0 spiro atoms. The number of pyridine rings is 1. The van der Waals surface area contributed by atoms with E-state index in [4.69, 9.17) is 0 Å². The van der Waals surface area contributed by atoms with Gasteiger partial charge in [-0.3, -0.25) is 9.78 Å². The number of fused-ring (bicyclic) bond motifs is 1. The molecule has 108 valence electrons. The molecule has 1 atom stereocenters. The fourth-order valence-corrected chi connectivity index (χ4v) is 2.77. The van der Waals surface area contributed by atoms with Crippen molar-refractivity contribution in [2.75, 3.05) is 0 Å². The maximum atomic E-state index is 14.0. The van der Waals surface area contributed by atoms with Gasteiger partial charge in [0.1, 0.15) is 0 Å². The van der Waals surface area contributed by atoms with E-state index in [1.165, 1.54) is 12.1 Å². The molecular weight excluding hydrogens is 276 g/mol. The van der Waals surface area contributed by atoms with Gasteiger partial charge in [-0.15, -0.1) is 0 Å². The standard InChI is InChI=1S/C16H13F2NO2/c17-12-6-1-5-11(14(12)18)16(21)8-2-7-13-10(15(16)20)4-3-9-19-13/h1,3-6,9,21H,2,7-8H2/t16-/m1/s1. The summed E-state index contributed by atoms with van der Waals surface area (Å²) in [6.45, 7) is 0. The van der Waals surface area contributed by atoms with E-state index in [-0.39, 0.29) is 17.5 Å². The first-order valence-corrected chi connectivity index (χ1v) is 6.69. The summed E-state index contributed by atoms with van der Waals surface area (Å²) < 4.78 is 27.4. The topological polar surface area (TPSA) is 50.2 Å². The molecule has 0 saturated carbocycles. The molecular formula is C16H13F2NO2. The number of nitrogens with zero attached hydrogens (tertiary/aromatic N) is 1. The first-order valence-electron chi connectivity index (χ1n) is 6.69. The van der Waals surface area contributed by atoms with Crippen molar-refractivity contribution in [2.24, 2.45) is 0 Å². The second-order valence-corrected chi connectivity index (χ2v) is 5.14. The second kappa shape index (κ2) is 5.00. The summed E-state index contributed by atoms with van der Waals surface area (Å²) in [4.78, 5) is 16.8. The fourth-order valence-electron chi connectivity index (χ4n) is 2.77. The number of Topliss-reactive ketones (excluding diaryl/α,β-unsaturated/α-hetero) is 1. The Morgan fingerprint density at radius 2 is 2.00 bits per heavy atom. The zero-order valence-corrected chi connectivity index (χ0v) is 11.1. The quantitative estimate of drug-likeness (QED) is 0.821. The van der Waals surface area contributed by atoms with Crippen LogP contribution in [-0.4, -0.2) is 15.9 Å². The van der Waals surface area contributed by atoms with Gasteiger partial charge in [0.05, 0.1) is 5.69 Å². The van der Waals surface area contributed by atoms with Crippen LogP contribution >= 0.6 is 0 Å². The van der Waals surface area contributed by atoms with Crippen molar-refractivity contribution >= 4 is 5.78 Å². The van der Waals surface area contributed by atoms with Crippen LogP contribution in [0.2, 0.25) is 0 Å². The Kier molecular flexibility index (Phi) is 3.29. The smallest absolute Gasteiger partial charge is 0.200 e. The first-order chi connectivity index (χ1) is 10.0. The number of halogens is 2. The van der Waals surface area contributed by atoms with E-state index in [0.29, 0.717) is 18.5 Å². The van der Waals surface area contributed by atoms with Gasteiger partial charge >= 0.3 is 0 Å². The SMILES string of the molecule is O=C1c2cccnc2CCC[C@@]1(O)c1cccc(F)c1F.